The van der Waals surface area contributed by atoms with Gasteiger partial charge in [0.05, 0.1) is 16.0 Å². The Labute approximate surface area is 122 Å². The maximum atomic E-state index is 11.3. The molecule has 21 heavy (non-hydrogen) atoms. The average molecular weight is 287 g/mol. The number of hydrogen-bond acceptors (Lipinski definition) is 4. The highest BCUT2D eigenvalue weighted by atomic mass is 16.6. The largest absolute Gasteiger partial charge is 0.298 e. The Balaban J connectivity index is 2.67. The summed E-state index contributed by atoms with van der Waals surface area (Å²) >= 11 is 0. The predicted octanol–water partition coefficient (Wildman–Crippen LogP) is 3.33. The van der Waals surface area contributed by atoms with Gasteiger partial charge in [-0.2, -0.15) is 5.10 Å². The molecule has 0 unspecified atom stereocenters. The average Bonchev–Trinajstić information content (AvgIpc) is 2.82. The molecular weight excluding hydrogens is 270 g/mol. The van der Waals surface area contributed by atoms with Crippen LogP contribution in [0.1, 0.15) is 36.7 Å². The maximum Gasteiger partial charge on any atom is 0.272 e. The van der Waals surface area contributed by atoms with Crippen molar-refractivity contribution in [2.75, 3.05) is 0 Å². The lowest BCUT2D eigenvalue weighted by molar-refractivity contribution is -0.385. The lowest BCUT2D eigenvalue weighted by Crippen LogP contribution is -2.22. The number of nitrogens with zero attached hydrogens (tertiary/aromatic N) is 3. The van der Waals surface area contributed by atoms with E-state index in [0.717, 1.165) is 6.29 Å². The third-order valence-electron chi connectivity index (χ3n) is 3.31. The highest BCUT2D eigenvalue weighted by Gasteiger charge is 2.22. The van der Waals surface area contributed by atoms with E-state index >= 15 is 0 Å². The van der Waals surface area contributed by atoms with E-state index < -0.39 is 4.92 Å². The van der Waals surface area contributed by atoms with Crippen LogP contribution in [0.3, 0.4) is 0 Å². The lowest BCUT2D eigenvalue weighted by Gasteiger charge is -2.18. The molecule has 2 rings (SSSR count). The quantitative estimate of drug-likeness (QED) is 0.493. The van der Waals surface area contributed by atoms with Crippen molar-refractivity contribution in [3.8, 4) is 11.3 Å². The standard InChI is InChI=1S/C15H17N3O3/c1-10-12(6-5-7-13(10)18(20)21)14-11(9-19)8-17(16-14)15(2,3)4/h5-9H,1-4H3. The van der Waals surface area contributed by atoms with Crippen molar-refractivity contribution in [3.63, 3.8) is 0 Å². The van der Waals surface area contributed by atoms with Crippen molar-refractivity contribution in [2.45, 2.75) is 33.2 Å². The minimum atomic E-state index is -0.430. The summed E-state index contributed by atoms with van der Waals surface area (Å²) in [6, 6.07) is 4.79. The fourth-order valence-electron chi connectivity index (χ4n) is 2.10. The number of aldehydes is 1. The summed E-state index contributed by atoms with van der Waals surface area (Å²) < 4.78 is 1.70. The number of hydrogen-bond donors (Lipinski definition) is 0. The molecule has 0 fully saturated rings. The molecule has 0 saturated carbocycles. The molecule has 0 aliphatic carbocycles. The van der Waals surface area contributed by atoms with Crippen LogP contribution in [0.5, 0.6) is 0 Å². The number of rotatable bonds is 3. The summed E-state index contributed by atoms with van der Waals surface area (Å²) in [7, 11) is 0. The molecule has 0 bridgehead atoms. The van der Waals surface area contributed by atoms with Gasteiger partial charge in [-0.05, 0) is 27.7 Å². The summed E-state index contributed by atoms with van der Waals surface area (Å²) in [5.74, 6) is 0. The molecule has 6 heteroatoms. The maximum absolute atomic E-state index is 11.3. The SMILES string of the molecule is Cc1c(-c2nn(C(C)(C)C)cc2C=O)cccc1[N+](=O)[O-]. The third-order valence-corrected chi connectivity index (χ3v) is 3.31. The Morgan fingerprint density at radius 1 is 1.33 bits per heavy atom. The zero-order valence-corrected chi connectivity index (χ0v) is 12.5. The Bertz CT molecular complexity index is 711. The van der Waals surface area contributed by atoms with Crippen LogP contribution in [0.25, 0.3) is 11.3 Å². The van der Waals surface area contributed by atoms with E-state index in [1.807, 2.05) is 20.8 Å². The minimum absolute atomic E-state index is 0.0228. The van der Waals surface area contributed by atoms with Gasteiger partial charge in [-0.3, -0.25) is 19.6 Å². The van der Waals surface area contributed by atoms with E-state index in [9.17, 15) is 14.9 Å². The topological polar surface area (TPSA) is 78.0 Å². The molecular formula is C15H17N3O3. The van der Waals surface area contributed by atoms with Gasteiger partial charge in [0.1, 0.15) is 5.69 Å². The number of carbonyl (C=O) groups is 1. The van der Waals surface area contributed by atoms with Crippen LogP contribution >= 0.6 is 0 Å². The zero-order chi connectivity index (χ0) is 15.8. The molecule has 0 radical (unpaired) electrons. The molecule has 0 atom stereocenters. The molecule has 0 saturated heterocycles. The van der Waals surface area contributed by atoms with Crippen molar-refractivity contribution in [2.24, 2.45) is 0 Å². The van der Waals surface area contributed by atoms with Crippen molar-refractivity contribution >= 4 is 12.0 Å². The van der Waals surface area contributed by atoms with Gasteiger partial charge < -0.3 is 0 Å². The Morgan fingerprint density at radius 2 is 2.00 bits per heavy atom. The third kappa shape index (κ3) is 2.69. The van der Waals surface area contributed by atoms with Gasteiger partial charge in [0.2, 0.25) is 0 Å². The summed E-state index contributed by atoms with van der Waals surface area (Å²) in [5, 5.41) is 15.5. The molecule has 1 heterocycles. The normalized spacial score (nSPS) is 11.4. The summed E-state index contributed by atoms with van der Waals surface area (Å²) in [6.45, 7) is 7.58. The minimum Gasteiger partial charge on any atom is -0.298 e. The first-order chi connectivity index (χ1) is 9.75. The van der Waals surface area contributed by atoms with Crippen molar-refractivity contribution in [1.29, 1.82) is 0 Å². The zero-order valence-electron chi connectivity index (χ0n) is 12.5. The number of benzene rings is 1. The number of nitro benzene ring substituents is 1. The van der Waals surface area contributed by atoms with Gasteiger partial charge in [0.25, 0.3) is 5.69 Å². The first-order valence-corrected chi connectivity index (χ1v) is 6.55. The summed E-state index contributed by atoms with van der Waals surface area (Å²) in [6.07, 6.45) is 2.39. The predicted molar refractivity (Wildman–Crippen MR) is 79.4 cm³/mol. The van der Waals surface area contributed by atoms with Gasteiger partial charge in [-0.15, -0.1) is 0 Å². The monoisotopic (exact) mass is 287 g/mol. The van der Waals surface area contributed by atoms with Gasteiger partial charge in [-0.25, -0.2) is 0 Å². The second-order valence-corrected chi connectivity index (χ2v) is 5.87. The summed E-state index contributed by atoms with van der Waals surface area (Å²) in [5.41, 5.74) is 1.76. The van der Waals surface area contributed by atoms with E-state index in [0.29, 0.717) is 22.4 Å². The molecule has 1 aromatic heterocycles. The smallest absolute Gasteiger partial charge is 0.272 e. The molecule has 0 spiro atoms. The Hall–Kier alpha value is -2.50. The van der Waals surface area contributed by atoms with Gasteiger partial charge in [0, 0.05) is 23.4 Å². The van der Waals surface area contributed by atoms with Gasteiger partial charge in [0.15, 0.2) is 6.29 Å². The molecule has 1 aromatic carbocycles. The fourth-order valence-corrected chi connectivity index (χ4v) is 2.10. The highest BCUT2D eigenvalue weighted by Crippen LogP contribution is 2.31. The summed E-state index contributed by atoms with van der Waals surface area (Å²) in [4.78, 5) is 21.9. The number of aromatic nitrogens is 2. The molecule has 0 N–H and O–H groups in total. The van der Waals surface area contributed by atoms with Gasteiger partial charge >= 0.3 is 0 Å². The van der Waals surface area contributed by atoms with Crippen LogP contribution in [-0.2, 0) is 5.54 Å². The molecule has 110 valence electrons. The van der Waals surface area contributed by atoms with Crippen LogP contribution in [0.2, 0.25) is 0 Å². The Morgan fingerprint density at radius 3 is 2.52 bits per heavy atom. The molecule has 0 aliphatic rings. The number of nitro groups is 1. The van der Waals surface area contributed by atoms with Crippen LogP contribution in [0.4, 0.5) is 5.69 Å². The molecule has 0 aliphatic heterocycles. The lowest BCUT2D eigenvalue weighted by atomic mass is 10.0. The van der Waals surface area contributed by atoms with E-state index in [4.69, 9.17) is 0 Å². The molecule has 6 nitrogen and oxygen atoms in total. The first-order valence-electron chi connectivity index (χ1n) is 6.55. The first kappa shape index (κ1) is 14.9. The fraction of sp³-hybridized carbons (Fsp3) is 0.333. The van der Waals surface area contributed by atoms with Crippen LogP contribution < -0.4 is 0 Å². The van der Waals surface area contributed by atoms with Crippen molar-refractivity contribution in [1.82, 2.24) is 9.78 Å². The molecule has 2 aromatic rings. The van der Waals surface area contributed by atoms with Gasteiger partial charge in [-0.1, -0.05) is 12.1 Å². The van der Waals surface area contributed by atoms with Crippen LogP contribution in [-0.4, -0.2) is 21.0 Å². The number of carbonyl (C=O) groups excluding carboxylic acids is 1. The second kappa shape index (κ2) is 5.12. The van der Waals surface area contributed by atoms with E-state index in [1.165, 1.54) is 6.07 Å². The van der Waals surface area contributed by atoms with Crippen molar-refractivity contribution < 1.29 is 9.72 Å². The molecule has 0 amide bonds. The highest BCUT2D eigenvalue weighted by molar-refractivity contribution is 5.87. The Kier molecular flexibility index (Phi) is 3.63. The van der Waals surface area contributed by atoms with Crippen LogP contribution in [0, 0.1) is 17.0 Å². The van der Waals surface area contributed by atoms with Crippen LogP contribution in [0.15, 0.2) is 24.4 Å². The van der Waals surface area contributed by atoms with Crippen molar-refractivity contribution in [3.05, 3.63) is 45.6 Å². The van der Waals surface area contributed by atoms with E-state index in [1.54, 1.807) is 29.9 Å². The second-order valence-electron chi connectivity index (χ2n) is 5.87. The van der Waals surface area contributed by atoms with E-state index in [2.05, 4.69) is 5.10 Å². The van der Waals surface area contributed by atoms with E-state index in [-0.39, 0.29) is 11.2 Å².